The fourth-order valence-corrected chi connectivity index (χ4v) is 1.70. The Morgan fingerprint density at radius 1 is 1.30 bits per heavy atom. The molecule has 0 fully saturated rings. The first-order valence-electron chi connectivity index (χ1n) is 6.77. The molecular weight excluding hydrogens is 256 g/mol. The van der Waals surface area contributed by atoms with E-state index >= 15 is 0 Å². The molecule has 0 bridgehead atoms. The maximum absolute atomic E-state index is 11.8. The molecule has 1 unspecified atom stereocenters. The highest BCUT2D eigenvalue weighted by molar-refractivity contribution is 5.77. The SMILES string of the molecule is COCC(NC(=O)COc1ccc(CN)cc1)C(C)C. The summed E-state index contributed by atoms with van der Waals surface area (Å²) in [6, 6.07) is 7.38. The summed E-state index contributed by atoms with van der Waals surface area (Å²) in [5, 5.41) is 2.90. The number of carbonyl (C=O) groups is 1. The van der Waals surface area contributed by atoms with E-state index in [1.54, 1.807) is 7.11 Å². The Hall–Kier alpha value is -1.59. The van der Waals surface area contributed by atoms with Crippen LogP contribution in [0.2, 0.25) is 0 Å². The Morgan fingerprint density at radius 2 is 1.95 bits per heavy atom. The monoisotopic (exact) mass is 280 g/mol. The van der Waals surface area contributed by atoms with Crippen LogP contribution in [0.15, 0.2) is 24.3 Å². The molecule has 0 aromatic heterocycles. The molecule has 1 atom stereocenters. The van der Waals surface area contributed by atoms with Crippen LogP contribution in [0, 0.1) is 5.92 Å². The molecule has 0 saturated heterocycles. The van der Waals surface area contributed by atoms with E-state index in [0.717, 1.165) is 5.56 Å². The maximum atomic E-state index is 11.8. The van der Waals surface area contributed by atoms with Gasteiger partial charge in [0, 0.05) is 13.7 Å². The Bertz CT molecular complexity index is 404. The summed E-state index contributed by atoms with van der Waals surface area (Å²) in [5.41, 5.74) is 6.55. The van der Waals surface area contributed by atoms with Crippen LogP contribution in [0.1, 0.15) is 19.4 Å². The van der Waals surface area contributed by atoms with Gasteiger partial charge in [0.05, 0.1) is 12.6 Å². The largest absolute Gasteiger partial charge is 0.484 e. The third-order valence-electron chi connectivity index (χ3n) is 3.03. The predicted octanol–water partition coefficient (Wildman–Crippen LogP) is 1.31. The molecule has 5 heteroatoms. The number of carbonyl (C=O) groups excluding carboxylic acids is 1. The highest BCUT2D eigenvalue weighted by atomic mass is 16.5. The molecule has 0 radical (unpaired) electrons. The van der Waals surface area contributed by atoms with E-state index in [1.807, 2.05) is 38.1 Å². The van der Waals surface area contributed by atoms with Crippen molar-refractivity contribution < 1.29 is 14.3 Å². The van der Waals surface area contributed by atoms with Gasteiger partial charge in [0.1, 0.15) is 5.75 Å². The summed E-state index contributed by atoms with van der Waals surface area (Å²) in [7, 11) is 1.62. The number of benzene rings is 1. The van der Waals surface area contributed by atoms with Crippen molar-refractivity contribution in [2.24, 2.45) is 11.7 Å². The van der Waals surface area contributed by atoms with Crippen molar-refractivity contribution in [2.45, 2.75) is 26.4 Å². The molecule has 1 rings (SSSR count). The van der Waals surface area contributed by atoms with E-state index in [1.165, 1.54) is 0 Å². The molecule has 0 spiro atoms. The Balaban J connectivity index is 2.41. The second-order valence-electron chi connectivity index (χ2n) is 5.01. The molecular formula is C15H24N2O3. The van der Waals surface area contributed by atoms with Gasteiger partial charge in [-0.2, -0.15) is 0 Å². The highest BCUT2D eigenvalue weighted by Crippen LogP contribution is 2.11. The molecule has 1 aromatic rings. The lowest BCUT2D eigenvalue weighted by Crippen LogP contribution is -2.43. The van der Waals surface area contributed by atoms with Crippen molar-refractivity contribution in [3.63, 3.8) is 0 Å². The van der Waals surface area contributed by atoms with Crippen molar-refractivity contribution in [1.29, 1.82) is 0 Å². The molecule has 20 heavy (non-hydrogen) atoms. The summed E-state index contributed by atoms with van der Waals surface area (Å²) >= 11 is 0. The Labute approximate surface area is 120 Å². The summed E-state index contributed by atoms with van der Waals surface area (Å²) in [5.74, 6) is 0.816. The summed E-state index contributed by atoms with van der Waals surface area (Å²) in [6.45, 7) is 5.06. The first-order chi connectivity index (χ1) is 9.56. The lowest BCUT2D eigenvalue weighted by atomic mass is 10.1. The van der Waals surface area contributed by atoms with Gasteiger partial charge in [0.15, 0.2) is 6.61 Å². The van der Waals surface area contributed by atoms with Gasteiger partial charge in [-0.15, -0.1) is 0 Å². The first kappa shape index (κ1) is 16.5. The fraction of sp³-hybridized carbons (Fsp3) is 0.533. The van der Waals surface area contributed by atoms with Crippen molar-refractivity contribution in [2.75, 3.05) is 20.3 Å². The fourth-order valence-electron chi connectivity index (χ4n) is 1.70. The molecule has 0 aliphatic rings. The molecule has 0 saturated carbocycles. The molecule has 1 aromatic carbocycles. The number of amides is 1. The van der Waals surface area contributed by atoms with Gasteiger partial charge >= 0.3 is 0 Å². The van der Waals surface area contributed by atoms with Crippen LogP contribution in [0.25, 0.3) is 0 Å². The molecule has 1 amide bonds. The van der Waals surface area contributed by atoms with Crippen LogP contribution < -0.4 is 15.8 Å². The highest BCUT2D eigenvalue weighted by Gasteiger charge is 2.16. The number of hydrogen-bond acceptors (Lipinski definition) is 4. The van der Waals surface area contributed by atoms with E-state index in [4.69, 9.17) is 15.2 Å². The smallest absolute Gasteiger partial charge is 0.258 e. The van der Waals surface area contributed by atoms with Crippen LogP contribution in [0.4, 0.5) is 0 Å². The van der Waals surface area contributed by atoms with Crippen molar-refractivity contribution >= 4 is 5.91 Å². The van der Waals surface area contributed by atoms with E-state index < -0.39 is 0 Å². The minimum absolute atomic E-state index is 0.00397. The van der Waals surface area contributed by atoms with E-state index in [9.17, 15) is 4.79 Å². The zero-order valence-corrected chi connectivity index (χ0v) is 12.4. The second-order valence-corrected chi connectivity index (χ2v) is 5.01. The number of rotatable bonds is 8. The summed E-state index contributed by atoms with van der Waals surface area (Å²) < 4.78 is 10.5. The van der Waals surface area contributed by atoms with Gasteiger partial charge in [-0.25, -0.2) is 0 Å². The minimum atomic E-state index is -0.149. The normalized spacial score (nSPS) is 12.2. The van der Waals surface area contributed by atoms with E-state index in [0.29, 0.717) is 24.8 Å². The number of nitrogens with two attached hydrogens (primary N) is 1. The minimum Gasteiger partial charge on any atom is -0.484 e. The van der Waals surface area contributed by atoms with Crippen LogP contribution in [0.3, 0.4) is 0 Å². The molecule has 5 nitrogen and oxygen atoms in total. The Kier molecular flexibility index (Phi) is 7.04. The topological polar surface area (TPSA) is 73.6 Å². The van der Waals surface area contributed by atoms with Crippen LogP contribution in [-0.4, -0.2) is 32.3 Å². The van der Waals surface area contributed by atoms with Gasteiger partial charge in [0.25, 0.3) is 5.91 Å². The van der Waals surface area contributed by atoms with Gasteiger partial charge < -0.3 is 20.5 Å². The standard InChI is InChI=1S/C15H24N2O3/c1-11(2)14(9-19-3)17-15(18)10-20-13-6-4-12(8-16)5-7-13/h4-7,11,14H,8-10,16H2,1-3H3,(H,17,18). The van der Waals surface area contributed by atoms with Gasteiger partial charge in [-0.05, 0) is 23.6 Å². The van der Waals surface area contributed by atoms with E-state index in [-0.39, 0.29) is 18.6 Å². The van der Waals surface area contributed by atoms with Gasteiger partial charge in [0.2, 0.25) is 0 Å². The molecule has 0 heterocycles. The maximum Gasteiger partial charge on any atom is 0.258 e. The van der Waals surface area contributed by atoms with Crippen LogP contribution in [0.5, 0.6) is 5.75 Å². The van der Waals surface area contributed by atoms with Crippen LogP contribution >= 0.6 is 0 Å². The van der Waals surface area contributed by atoms with Gasteiger partial charge in [-0.3, -0.25) is 4.79 Å². The molecule has 0 aliphatic carbocycles. The zero-order chi connectivity index (χ0) is 15.0. The van der Waals surface area contributed by atoms with Crippen LogP contribution in [-0.2, 0) is 16.1 Å². The van der Waals surface area contributed by atoms with Crippen molar-refractivity contribution in [3.05, 3.63) is 29.8 Å². The molecule has 3 N–H and O–H groups in total. The molecule has 112 valence electrons. The van der Waals surface area contributed by atoms with Crippen molar-refractivity contribution in [1.82, 2.24) is 5.32 Å². The number of nitrogens with one attached hydrogen (secondary N) is 1. The number of methoxy groups -OCH3 is 1. The van der Waals surface area contributed by atoms with E-state index in [2.05, 4.69) is 5.32 Å². The second kappa shape index (κ2) is 8.55. The average Bonchev–Trinajstić information content (AvgIpc) is 2.45. The number of ether oxygens (including phenoxy) is 2. The Morgan fingerprint density at radius 3 is 2.45 bits per heavy atom. The third-order valence-corrected chi connectivity index (χ3v) is 3.03. The summed E-state index contributed by atoms with van der Waals surface area (Å²) in [6.07, 6.45) is 0. The number of hydrogen-bond donors (Lipinski definition) is 2. The lowest BCUT2D eigenvalue weighted by Gasteiger charge is -2.21. The lowest BCUT2D eigenvalue weighted by molar-refractivity contribution is -0.124. The summed E-state index contributed by atoms with van der Waals surface area (Å²) in [4.78, 5) is 11.8. The molecule has 0 aliphatic heterocycles. The van der Waals surface area contributed by atoms with Crippen molar-refractivity contribution in [3.8, 4) is 5.75 Å². The average molecular weight is 280 g/mol. The zero-order valence-electron chi connectivity index (χ0n) is 12.4. The first-order valence-corrected chi connectivity index (χ1v) is 6.77. The quantitative estimate of drug-likeness (QED) is 0.753. The third kappa shape index (κ3) is 5.59. The predicted molar refractivity (Wildman–Crippen MR) is 78.5 cm³/mol. The van der Waals surface area contributed by atoms with Gasteiger partial charge in [-0.1, -0.05) is 26.0 Å².